The summed E-state index contributed by atoms with van der Waals surface area (Å²) < 4.78 is 22.3. The number of methoxy groups -OCH3 is 1. The molecule has 0 amide bonds. The Morgan fingerprint density at radius 3 is 2.92 bits per heavy atom. The predicted octanol–water partition coefficient (Wildman–Crippen LogP) is 1.55. The Balaban J connectivity index is 1.44. The van der Waals surface area contributed by atoms with Crippen molar-refractivity contribution in [2.45, 2.75) is 25.0 Å². The number of ether oxygens (including phenoxy) is 4. The number of aromatic nitrogens is 3. The predicted molar refractivity (Wildman–Crippen MR) is 88.9 cm³/mol. The van der Waals surface area contributed by atoms with Crippen molar-refractivity contribution in [3.8, 4) is 17.2 Å². The van der Waals surface area contributed by atoms with Gasteiger partial charge in [-0.05, 0) is 19.5 Å². The summed E-state index contributed by atoms with van der Waals surface area (Å²) in [6.07, 6.45) is 2.60. The van der Waals surface area contributed by atoms with Gasteiger partial charge in [0.2, 0.25) is 6.79 Å². The summed E-state index contributed by atoms with van der Waals surface area (Å²) in [7, 11) is 3.74. The third kappa shape index (κ3) is 3.27. The number of benzene rings is 1. The Morgan fingerprint density at radius 1 is 1.32 bits per heavy atom. The van der Waals surface area contributed by atoms with Crippen LogP contribution >= 0.6 is 0 Å². The van der Waals surface area contributed by atoms with Crippen molar-refractivity contribution in [2.24, 2.45) is 0 Å². The molecule has 0 saturated carbocycles. The van der Waals surface area contributed by atoms with Gasteiger partial charge < -0.3 is 18.9 Å². The molecule has 1 fully saturated rings. The lowest BCUT2D eigenvalue weighted by Gasteiger charge is -2.24. The number of likely N-dealkylation sites (N-methyl/N-ethyl adjacent to an activating group) is 1. The molecule has 4 rings (SSSR count). The van der Waals surface area contributed by atoms with Gasteiger partial charge in [-0.25, -0.2) is 4.98 Å². The Labute approximate surface area is 146 Å². The topological polar surface area (TPSA) is 81.7 Å². The van der Waals surface area contributed by atoms with E-state index in [0.717, 1.165) is 54.8 Å². The number of aromatic amines is 1. The van der Waals surface area contributed by atoms with E-state index in [9.17, 15) is 0 Å². The molecule has 8 heteroatoms. The van der Waals surface area contributed by atoms with Crippen LogP contribution in [0.2, 0.25) is 0 Å². The van der Waals surface area contributed by atoms with Crippen LogP contribution in [0.15, 0.2) is 18.5 Å². The van der Waals surface area contributed by atoms with E-state index in [0.29, 0.717) is 0 Å². The summed E-state index contributed by atoms with van der Waals surface area (Å²) in [4.78, 5) is 6.51. The first-order valence-corrected chi connectivity index (χ1v) is 8.36. The molecule has 2 aliphatic rings. The van der Waals surface area contributed by atoms with Crippen molar-refractivity contribution in [3.63, 3.8) is 0 Å². The smallest absolute Gasteiger partial charge is 0.231 e. The molecule has 0 spiro atoms. The van der Waals surface area contributed by atoms with Gasteiger partial charge in [-0.2, -0.15) is 5.10 Å². The van der Waals surface area contributed by atoms with Gasteiger partial charge in [-0.1, -0.05) is 0 Å². The lowest BCUT2D eigenvalue weighted by Crippen LogP contribution is -2.32. The zero-order valence-corrected chi connectivity index (χ0v) is 14.4. The maximum atomic E-state index is 5.92. The normalized spacial score (nSPS) is 21.9. The second kappa shape index (κ2) is 6.89. The van der Waals surface area contributed by atoms with Gasteiger partial charge in [-0.15, -0.1) is 0 Å². The van der Waals surface area contributed by atoms with Crippen LogP contribution in [0.3, 0.4) is 0 Å². The molecular formula is C17H22N4O4. The summed E-state index contributed by atoms with van der Waals surface area (Å²) in [5, 5.41) is 6.92. The van der Waals surface area contributed by atoms with E-state index in [-0.39, 0.29) is 18.8 Å². The van der Waals surface area contributed by atoms with Gasteiger partial charge in [-0.3, -0.25) is 10.00 Å². The van der Waals surface area contributed by atoms with Gasteiger partial charge in [0.25, 0.3) is 0 Å². The fraction of sp³-hybridized carbons (Fsp3) is 0.529. The highest BCUT2D eigenvalue weighted by molar-refractivity contribution is 5.51. The van der Waals surface area contributed by atoms with Crippen molar-refractivity contribution in [1.82, 2.24) is 20.1 Å². The van der Waals surface area contributed by atoms with Crippen LogP contribution in [0.25, 0.3) is 0 Å². The first-order chi connectivity index (χ1) is 12.2. The SMILES string of the molecule is COc1cc2c(cc1CN(C)C[C@H]1OCC[C@H]1c1ncn[nH]1)OCO2. The van der Waals surface area contributed by atoms with E-state index in [4.69, 9.17) is 18.9 Å². The molecule has 25 heavy (non-hydrogen) atoms. The standard InChI is InChI=1S/C17H22N4O4/c1-21(8-16-12(3-4-23-16)17-18-9-19-20-17)7-11-5-14-15(25-10-24-14)6-13(11)22-2/h5-6,9,12,16H,3-4,7-8,10H2,1-2H3,(H,18,19,20)/t12-,16-/m1/s1. The highest BCUT2D eigenvalue weighted by atomic mass is 16.7. The highest BCUT2D eigenvalue weighted by Crippen LogP contribution is 2.38. The highest BCUT2D eigenvalue weighted by Gasteiger charge is 2.32. The van der Waals surface area contributed by atoms with Gasteiger partial charge in [0.05, 0.1) is 13.2 Å². The average molecular weight is 346 g/mol. The Kier molecular flexibility index (Phi) is 4.46. The third-order valence-corrected chi connectivity index (χ3v) is 4.70. The van der Waals surface area contributed by atoms with E-state index in [1.54, 1.807) is 13.4 Å². The summed E-state index contributed by atoms with van der Waals surface area (Å²) in [5.74, 6) is 3.45. The monoisotopic (exact) mass is 346 g/mol. The van der Waals surface area contributed by atoms with Crippen LogP contribution in [-0.2, 0) is 11.3 Å². The molecule has 1 aromatic heterocycles. The first kappa shape index (κ1) is 16.2. The second-order valence-electron chi connectivity index (χ2n) is 6.39. The van der Waals surface area contributed by atoms with Crippen molar-refractivity contribution in [3.05, 3.63) is 29.8 Å². The van der Waals surface area contributed by atoms with Crippen LogP contribution in [-0.4, -0.2) is 60.3 Å². The number of hydrogen-bond acceptors (Lipinski definition) is 7. The Hall–Kier alpha value is -2.32. The minimum absolute atomic E-state index is 0.0953. The minimum atomic E-state index is 0.0953. The van der Waals surface area contributed by atoms with Crippen LogP contribution < -0.4 is 14.2 Å². The molecule has 134 valence electrons. The van der Waals surface area contributed by atoms with E-state index < -0.39 is 0 Å². The second-order valence-corrected chi connectivity index (χ2v) is 6.39. The van der Waals surface area contributed by atoms with Crippen molar-refractivity contribution in [1.29, 1.82) is 0 Å². The summed E-state index contributed by atoms with van der Waals surface area (Å²) in [6.45, 7) is 2.52. The molecule has 0 bridgehead atoms. The van der Waals surface area contributed by atoms with Crippen LogP contribution in [0, 0.1) is 0 Å². The molecule has 1 N–H and O–H groups in total. The zero-order valence-electron chi connectivity index (χ0n) is 14.4. The number of nitrogens with one attached hydrogen (secondary N) is 1. The van der Waals surface area contributed by atoms with Gasteiger partial charge in [0.1, 0.15) is 17.9 Å². The maximum Gasteiger partial charge on any atom is 0.231 e. The van der Waals surface area contributed by atoms with Gasteiger partial charge >= 0.3 is 0 Å². The van der Waals surface area contributed by atoms with Crippen LogP contribution in [0.5, 0.6) is 17.2 Å². The zero-order chi connectivity index (χ0) is 17.2. The number of hydrogen-bond donors (Lipinski definition) is 1. The van der Waals surface area contributed by atoms with Crippen molar-refractivity contribution < 1.29 is 18.9 Å². The van der Waals surface area contributed by atoms with Crippen LogP contribution in [0.4, 0.5) is 0 Å². The van der Waals surface area contributed by atoms with E-state index in [2.05, 4.69) is 27.1 Å². The number of H-pyrrole nitrogens is 1. The molecule has 2 atom stereocenters. The fourth-order valence-corrected chi connectivity index (χ4v) is 3.48. The first-order valence-electron chi connectivity index (χ1n) is 8.36. The summed E-state index contributed by atoms with van der Waals surface area (Å²) >= 11 is 0. The maximum absolute atomic E-state index is 5.92. The molecule has 3 heterocycles. The number of nitrogens with zero attached hydrogens (tertiary/aromatic N) is 3. The van der Waals surface area contributed by atoms with Crippen LogP contribution in [0.1, 0.15) is 23.7 Å². The average Bonchev–Trinajstić information content (AvgIpc) is 3.34. The van der Waals surface area contributed by atoms with Crippen molar-refractivity contribution >= 4 is 0 Å². The molecule has 2 aliphatic heterocycles. The molecule has 8 nitrogen and oxygen atoms in total. The minimum Gasteiger partial charge on any atom is -0.496 e. The van der Waals surface area contributed by atoms with E-state index in [1.165, 1.54) is 0 Å². The molecule has 0 unspecified atom stereocenters. The van der Waals surface area contributed by atoms with Crippen molar-refractivity contribution in [2.75, 3.05) is 34.1 Å². The molecule has 2 aromatic rings. The third-order valence-electron chi connectivity index (χ3n) is 4.70. The van der Waals surface area contributed by atoms with E-state index >= 15 is 0 Å². The lowest BCUT2D eigenvalue weighted by molar-refractivity contribution is 0.0709. The molecule has 0 aliphatic carbocycles. The summed E-state index contributed by atoms with van der Waals surface area (Å²) in [6, 6.07) is 3.87. The number of fused-ring (bicyclic) bond motifs is 1. The number of rotatable bonds is 6. The summed E-state index contributed by atoms with van der Waals surface area (Å²) in [5.41, 5.74) is 1.06. The molecule has 0 radical (unpaired) electrons. The van der Waals surface area contributed by atoms with Gasteiger partial charge in [0, 0.05) is 37.2 Å². The fourth-order valence-electron chi connectivity index (χ4n) is 3.48. The van der Waals surface area contributed by atoms with E-state index in [1.807, 2.05) is 12.1 Å². The van der Waals surface area contributed by atoms with Gasteiger partial charge in [0.15, 0.2) is 11.5 Å². The quantitative estimate of drug-likeness (QED) is 0.850. The molecule has 1 aromatic carbocycles. The molecular weight excluding hydrogens is 324 g/mol. The largest absolute Gasteiger partial charge is 0.496 e. The Bertz CT molecular complexity index is 722. The molecule has 1 saturated heterocycles. The Morgan fingerprint density at radius 2 is 2.16 bits per heavy atom. The lowest BCUT2D eigenvalue weighted by atomic mass is 10.0.